The number of anilines is 1. The largest absolute Gasteiger partial charge is 0.368 e. The number of hydrogen-bond donors (Lipinski definition) is 2. The lowest BCUT2D eigenvalue weighted by molar-refractivity contribution is -0.119. The first-order valence-electron chi connectivity index (χ1n) is 5.54. The van der Waals surface area contributed by atoms with Gasteiger partial charge in [0.1, 0.15) is 6.04 Å². The zero-order valence-electron chi connectivity index (χ0n) is 9.97. The quantitative estimate of drug-likeness (QED) is 0.666. The van der Waals surface area contributed by atoms with E-state index in [0.717, 1.165) is 17.9 Å². The van der Waals surface area contributed by atoms with Crippen molar-refractivity contribution in [1.29, 1.82) is 0 Å². The van der Waals surface area contributed by atoms with E-state index in [-0.39, 0.29) is 5.91 Å². The van der Waals surface area contributed by atoms with Crippen LogP contribution in [0.4, 0.5) is 5.95 Å². The maximum atomic E-state index is 11.4. The molecule has 1 aliphatic heterocycles. The highest BCUT2D eigenvalue weighted by Gasteiger charge is 2.29. The topological polar surface area (TPSA) is 97.0 Å². The minimum absolute atomic E-state index is 0.376. The number of aryl methyl sites for hydroxylation is 2. The van der Waals surface area contributed by atoms with Crippen molar-refractivity contribution in [3.63, 3.8) is 0 Å². The van der Waals surface area contributed by atoms with E-state index >= 15 is 0 Å². The van der Waals surface area contributed by atoms with E-state index < -0.39 is 6.04 Å². The van der Waals surface area contributed by atoms with Crippen molar-refractivity contribution in [2.75, 3.05) is 24.5 Å². The molecule has 0 radical (unpaired) electrons. The van der Waals surface area contributed by atoms with Crippen molar-refractivity contribution >= 4 is 11.9 Å². The molecule has 17 heavy (non-hydrogen) atoms. The van der Waals surface area contributed by atoms with E-state index in [1.807, 2.05) is 13.8 Å². The van der Waals surface area contributed by atoms with Gasteiger partial charge in [-0.2, -0.15) is 5.10 Å². The number of amides is 1. The van der Waals surface area contributed by atoms with Gasteiger partial charge in [0.25, 0.3) is 0 Å². The van der Waals surface area contributed by atoms with Gasteiger partial charge in [-0.05, 0) is 13.8 Å². The zero-order chi connectivity index (χ0) is 12.4. The van der Waals surface area contributed by atoms with Crippen LogP contribution in [0.25, 0.3) is 0 Å². The maximum Gasteiger partial charge on any atom is 0.246 e. The first kappa shape index (κ1) is 11.7. The van der Waals surface area contributed by atoms with Crippen molar-refractivity contribution in [2.24, 2.45) is 5.73 Å². The molecule has 0 bridgehead atoms. The van der Waals surface area contributed by atoms with E-state index in [9.17, 15) is 4.79 Å². The molecule has 92 valence electrons. The number of piperazine rings is 1. The molecular formula is C10H16N6O. The highest BCUT2D eigenvalue weighted by molar-refractivity contribution is 5.83. The third kappa shape index (κ3) is 2.33. The van der Waals surface area contributed by atoms with Gasteiger partial charge in [0.05, 0.1) is 11.4 Å². The van der Waals surface area contributed by atoms with Crippen LogP contribution in [0.1, 0.15) is 11.4 Å². The number of nitrogens with zero attached hydrogens (tertiary/aromatic N) is 4. The van der Waals surface area contributed by atoms with Gasteiger partial charge in [-0.25, -0.2) is 4.98 Å². The van der Waals surface area contributed by atoms with Gasteiger partial charge in [0.2, 0.25) is 11.9 Å². The third-order valence-corrected chi connectivity index (χ3v) is 2.91. The second kappa shape index (κ2) is 4.62. The van der Waals surface area contributed by atoms with Crippen molar-refractivity contribution in [3.8, 4) is 0 Å². The number of nitrogens with two attached hydrogens (primary N) is 1. The highest BCUT2D eigenvalue weighted by atomic mass is 16.1. The van der Waals surface area contributed by atoms with E-state index in [1.165, 1.54) is 0 Å². The van der Waals surface area contributed by atoms with Crippen LogP contribution in [0.2, 0.25) is 0 Å². The molecule has 2 rings (SSSR count). The molecule has 0 spiro atoms. The van der Waals surface area contributed by atoms with Gasteiger partial charge in [-0.1, -0.05) is 0 Å². The highest BCUT2D eigenvalue weighted by Crippen LogP contribution is 2.13. The molecule has 1 aromatic heterocycles. The summed E-state index contributed by atoms with van der Waals surface area (Å²) in [6, 6.07) is -0.410. The Morgan fingerprint density at radius 3 is 2.82 bits per heavy atom. The number of carbonyl (C=O) groups is 1. The molecule has 1 amide bonds. The summed E-state index contributed by atoms with van der Waals surface area (Å²) in [6.07, 6.45) is 0. The Balaban J connectivity index is 2.29. The molecule has 1 atom stereocenters. The molecule has 3 N–H and O–H groups in total. The molecule has 1 aliphatic rings. The fraction of sp³-hybridized carbons (Fsp3) is 0.600. The second-order valence-corrected chi connectivity index (χ2v) is 4.10. The normalized spacial score (nSPS) is 20.4. The minimum atomic E-state index is -0.410. The number of aromatic nitrogens is 3. The lowest BCUT2D eigenvalue weighted by atomic mass is 10.2. The van der Waals surface area contributed by atoms with Gasteiger partial charge in [0, 0.05) is 19.6 Å². The Morgan fingerprint density at radius 1 is 1.41 bits per heavy atom. The average Bonchev–Trinajstić information content (AvgIpc) is 2.32. The lowest BCUT2D eigenvalue weighted by Gasteiger charge is -2.33. The molecular weight excluding hydrogens is 220 g/mol. The maximum absolute atomic E-state index is 11.4. The van der Waals surface area contributed by atoms with Crippen molar-refractivity contribution in [2.45, 2.75) is 19.9 Å². The van der Waals surface area contributed by atoms with E-state index in [4.69, 9.17) is 5.73 Å². The molecule has 7 heteroatoms. The van der Waals surface area contributed by atoms with Crippen LogP contribution in [-0.4, -0.2) is 46.8 Å². The van der Waals surface area contributed by atoms with Crippen LogP contribution in [-0.2, 0) is 4.79 Å². The first-order valence-corrected chi connectivity index (χ1v) is 5.54. The fourth-order valence-corrected chi connectivity index (χ4v) is 1.76. The smallest absolute Gasteiger partial charge is 0.246 e. The summed E-state index contributed by atoms with van der Waals surface area (Å²) in [5.74, 6) is 0.0948. The summed E-state index contributed by atoms with van der Waals surface area (Å²) in [5.41, 5.74) is 6.97. The zero-order valence-corrected chi connectivity index (χ0v) is 9.97. The summed E-state index contributed by atoms with van der Waals surface area (Å²) < 4.78 is 0. The van der Waals surface area contributed by atoms with E-state index in [1.54, 1.807) is 4.90 Å². The lowest BCUT2D eigenvalue weighted by Crippen LogP contribution is -2.57. The number of nitrogens with one attached hydrogen (secondary N) is 1. The Hall–Kier alpha value is -1.76. The monoisotopic (exact) mass is 236 g/mol. The molecule has 1 aromatic rings. The third-order valence-electron chi connectivity index (χ3n) is 2.91. The minimum Gasteiger partial charge on any atom is -0.368 e. The Labute approximate surface area is 99.4 Å². The van der Waals surface area contributed by atoms with Gasteiger partial charge in [-0.15, -0.1) is 5.10 Å². The van der Waals surface area contributed by atoms with Gasteiger partial charge in [-0.3, -0.25) is 4.79 Å². The van der Waals surface area contributed by atoms with Crippen LogP contribution in [0.3, 0.4) is 0 Å². The molecule has 1 unspecified atom stereocenters. The van der Waals surface area contributed by atoms with E-state index in [0.29, 0.717) is 19.0 Å². The summed E-state index contributed by atoms with van der Waals surface area (Å²) in [6.45, 7) is 5.67. The molecule has 2 heterocycles. The standard InChI is InChI=1S/C10H16N6O/c1-6-7(2)14-15-10(13-6)16-4-3-12-5-8(16)9(11)17/h8,12H,3-5H2,1-2H3,(H2,11,17). The van der Waals surface area contributed by atoms with Crippen molar-refractivity contribution < 1.29 is 4.79 Å². The van der Waals surface area contributed by atoms with E-state index in [2.05, 4.69) is 20.5 Å². The van der Waals surface area contributed by atoms with Gasteiger partial charge < -0.3 is 16.0 Å². The number of primary amides is 1. The number of carbonyl (C=O) groups excluding carboxylic acids is 1. The van der Waals surface area contributed by atoms with Crippen LogP contribution in [0.5, 0.6) is 0 Å². The Kier molecular flexibility index (Phi) is 3.19. The predicted molar refractivity (Wildman–Crippen MR) is 62.5 cm³/mol. The fourth-order valence-electron chi connectivity index (χ4n) is 1.76. The second-order valence-electron chi connectivity index (χ2n) is 4.10. The van der Waals surface area contributed by atoms with Crippen molar-refractivity contribution in [3.05, 3.63) is 11.4 Å². The summed E-state index contributed by atoms with van der Waals surface area (Å²) in [7, 11) is 0. The molecule has 0 aliphatic carbocycles. The number of rotatable bonds is 2. The van der Waals surface area contributed by atoms with Crippen LogP contribution in [0.15, 0.2) is 0 Å². The molecule has 7 nitrogen and oxygen atoms in total. The van der Waals surface area contributed by atoms with Gasteiger partial charge in [0.15, 0.2) is 0 Å². The molecule has 0 saturated carbocycles. The molecule has 1 saturated heterocycles. The predicted octanol–water partition coefficient (Wildman–Crippen LogP) is -1.25. The first-order chi connectivity index (χ1) is 8.09. The van der Waals surface area contributed by atoms with Crippen molar-refractivity contribution in [1.82, 2.24) is 20.5 Å². The van der Waals surface area contributed by atoms with Crippen LogP contribution >= 0.6 is 0 Å². The Bertz CT molecular complexity index is 435. The molecule has 0 aromatic carbocycles. The van der Waals surface area contributed by atoms with Crippen LogP contribution < -0.4 is 16.0 Å². The summed E-state index contributed by atoms with van der Waals surface area (Å²) >= 11 is 0. The van der Waals surface area contributed by atoms with Crippen LogP contribution in [0, 0.1) is 13.8 Å². The molecule has 1 fully saturated rings. The summed E-state index contributed by atoms with van der Waals surface area (Å²) in [5, 5.41) is 11.2. The number of hydrogen-bond acceptors (Lipinski definition) is 6. The average molecular weight is 236 g/mol. The van der Waals surface area contributed by atoms with Gasteiger partial charge >= 0.3 is 0 Å². The Morgan fingerprint density at radius 2 is 2.18 bits per heavy atom. The SMILES string of the molecule is Cc1nnc(N2CCNCC2C(N)=O)nc1C. The summed E-state index contributed by atoms with van der Waals surface area (Å²) in [4.78, 5) is 17.5.